The molecule has 1 atom stereocenters. The van der Waals surface area contributed by atoms with Gasteiger partial charge in [-0.2, -0.15) is 0 Å². The third-order valence-corrected chi connectivity index (χ3v) is 2.55. The van der Waals surface area contributed by atoms with E-state index in [4.69, 9.17) is 4.74 Å². The fraction of sp³-hybridized carbons (Fsp3) is 0.643. The van der Waals surface area contributed by atoms with Crippen LogP contribution in [0.2, 0.25) is 0 Å². The third-order valence-electron chi connectivity index (χ3n) is 2.55. The van der Waals surface area contributed by atoms with Gasteiger partial charge in [-0.05, 0) is 33.8 Å². The van der Waals surface area contributed by atoms with Gasteiger partial charge in [0.15, 0.2) is 0 Å². The third kappa shape index (κ3) is 7.96. The van der Waals surface area contributed by atoms with E-state index in [0.29, 0.717) is 6.54 Å². The molecule has 0 bridgehead atoms. The fourth-order valence-electron chi connectivity index (χ4n) is 1.26. The van der Waals surface area contributed by atoms with Gasteiger partial charge in [0.05, 0.1) is 0 Å². The summed E-state index contributed by atoms with van der Waals surface area (Å²) in [6, 6.07) is -0.671. The molecule has 21 heavy (non-hydrogen) atoms. The molecule has 0 fully saturated rings. The van der Waals surface area contributed by atoms with E-state index in [9.17, 15) is 14.4 Å². The Morgan fingerprint density at radius 2 is 1.76 bits per heavy atom. The van der Waals surface area contributed by atoms with Crippen molar-refractivity contribution in [2.24, 2.45) is 0 Å². The molecule has 3 amide bonds. The lowest BCUT2D eigenvalue weighted by Gasteiger charge is -2.28. The van der Waals surface area contributed by atoms with E-state index in [-0.39, 0.29) is 18.4 Å². The van der Waals surface area contributed by atoms with E-state index in [2.05, 4.69) is 17.2 Å². The quantitative estimate of drug-likeness (QED) is 0.557. The molecule has 0 saturated carbocycles. The molecule has 0 aromatic heterocycles. The Balaban J connectivity index is 4.21. The van der Waals surface area contributed by atoms with Crippen LogP contribution in [0.4, 0.5) is 4.79 Å². The van der Waals surface area contributed by atoms with E-state index in [0.717, 1.165) is 6.08 Å². The van der Waals surface area contributed by atoms with Gasteiger partial charge in [0, 0.05) is 20.1 Å². The van der Waals surface area contributed by atoms with E-state index in [1.807, 2.05) is 0 Å². The predicted molar refractivity (Wildman–Crippen MR) is 79.7 cm³/mol. The number of nitrogens with one attached hydrogen (secondary N) is 2. The first-order valence-corrected chi connectivity index (χ1v) is 6.72. The average Bonchev–Trinajstić information content (AvgIpc) is 2.39. The smallest absolute Gasteiger partial charge is 0.410 e. The summed E-state index contributed by atoms with van der Waals surface area (Å²) in [6.07, 6.45) is 0.589. The summed E-state index contributed by atoms with van der Waals surface area (Å²) in [5, 5.41) is 5.16. The van der Waals surface area contributed by atoms with Gasteiger partial charge in [-0.3, -0.25) is 14.5 Å². The molecule has 0 radical (unpaired) electrons. The second-order valence-corrected chi connectivity index (χ2v) is 5.55. The highest BCUT2D eigenvalue weighted by atomic mass is 16.6. The van der Waals surface area contributed by atoms with Crippen molar-refractivity contribution in [3.63, 3.8) is 0 Å². The number of hydrogen-bond acceptors (Lipinski definition) is 4. The highest BCUT2D eigenvalue weighted by molar-refractivity contribution is 5.87. The Morgan fingerprint density at radius 1 is 1.24 bits per heavy atom. The van der Waals surface area contributed by atoms with Crippen molar-refractivity contribution in [1.82, 2.24) is 15.5 Å². The molecule has 0 aromatic carbocycles. The summed E-state index contributed by atoms with van der Waals surface area (Å²) in [5.74, 6) is -0.626. The molecule has 0 unspecified atom stereocenters. The molecule has 7 heteroatoms. The monoisotopic (exact) mass is 299 g/mol. The molecule has 0 aliphatic rings. The second-order valence-electron chi connectivity index (χ2n) is 5.55. The Kier molecular flexibility index (Phi) is 7.48. The van der Waals surface area contributed by atoms with Gasteiger partial charge in [0.25, 0.3) is 0 Å². The summed E-state index contributed by atoms with van der Waals surface area (Å²) < 4.78 is 5.18. The minimum Gasteiger partial charge on any atom is -0.444 e. The standard InChI is InChI=1S/C14H25N3O4/c1-7-11(18)15-8-9-16-12(19)10(2)17(6)13(20)21-14(3,4)5/h7,10H,1,8-9H2,2-6H3,(H,15,18)(H,16,19)/t10-/m0/s1. The molecule has 0 saturated heterocycles. The number of amides is 3. The molecular weight excluding hydrogens is 274 g/mol. The van der Waals surface area contributed by atoms with Crippen molar-refractivity contribution in [1.29, 1.82) is 0 Å². The molecule has 0 rings (SSSR count). The van der Waals surface area contributed by atoms with Crippen LogP contribution in [-0.2, 0) is 14.3 Å². The first-order valence-electron chi connectivity index (χ1n) is 6.72. The molecular formula is C14H25N3O4. The van der Waals surface area contributed by atoms with Gasteiger partial charge in [-0.25, -0.2) is 4.79 Å². The van der Waals surface area contributed by atoms with Crippen molar-refractivity contribution in [2.45, 2.75) is 39.3 Å². The summed E-state index contributed by atoms with van der Waals surface area (Å²) in [5.41, 5.74) is -0.615. The number of nitrogens with zero attached hydrogens (tertiary/aromatic N) is 1. The zero-order valence-corrected chi connectivity index (χ0v) is 13.4. The van der Waals surface area contributed by atoms with E-state index < -0.39 is 17.7 Å². The maximum Gasteiger partial charge on any atom is 0.410 e. The number of hydrogen-bond donors (Lipinski definition) is 2. The van der Waals surface area contributed by atoms with Gasteiger partial charge < -0.3 is 15.4 Å². The summed E-state index contributed by atoms with van der Waals surface area (Å²) in [7, 11) is 1.50. The zero-order chi connectivity index (χ0) is 16.6. The molecule has 0 aromatic rings. The molecule has 0 aliphatic heterocycles. The summed E-state index contributed by atoms with van der Waals surface area (Å²) in [4.78, 5) is 35.8. The SMILES string of the molecule is C=CC(=O)NCCNC(=O)[C@H](C)N(C)C(=O)OC(C)(C)C. The lowest BCUT2D eigenvalue weighted by molar-refractivity contribution is -0.125. The van der Waals surface area contributed by atoms with Gasteiger partial charge in [0.1, 0.15) is 11.6 Å². The van der Waals surface area contributed by atoms with Gasteiger partial charge in [-0.15, -0.1) is 0 Å². The van der Waals surface area contributed by atoms with Crippen LogP contribution >= 0.6 is 0 Å². The van der Waals surface area contributed by atoms with Crippen molar-refractivity contribution < 1.29 is 19.1 Å². The fourth-order valence-corrected chi connectivity index (χ4v) is 1.26. The molecule has 2 N–H and O–H groups in total. The first-order chi connectivity index (χ1) is 9.58. The molecule has 7 nitrogen and oxygen atoms in total. The Bertz CT molecular complexity index is 402. The highest BCUT2D eigenvalue weighted by Gasteiger charge is 2.26. The van der Waals surface area contributed by atoms with Crippen molar-refractivity contribution in [3.05, 3.63) is 12.7 Å². The maximum atomic E-state index is 11.9. The van der Waals surface area contributed by atoms with E-state index in [1.54, 1.807) is 27.7 Å². The van der Waals surface area contributed by atoms with Crippen LogP contribution in [0.1, 0.15) is 27.7 Å². The van der Waals surface area contributed by atoms with Gasteiger partial charge >= 0.3 is 6.09 Å². The van der Waals surface area contributed by atoms with Gasteiger partial charge in [-0.1, -0.05) is 6.58 Å². The summed E-state index contributed by atoms with van der Waals surface area (Å²) >= 11 is 0. The van der Waals surface area contributed by atoms with Gasteiger partial charge in [0.2, 0.25) is 11.8 Å². The van der Waals surface area contributed by atoms with E-state index >= 15 is 0 Å². The molecule has 0 aliphatic carbocycles. The molecule has 0 spiro atoms. The zero-order valence-electron chi connectivity index (χ0n) is 13.4. The first kappa shape index (κ1) is 18.9. The van der Waals surface area contributed by atoms with Crippen molar-refractivity contribution in [3.8, 4) is 0 Å². The largest absolute Gasteiger partial charge is 0.444 e. The molecule has 120 valence electrons. The minimum absolute atomic E-state index is 0.269. The number of rotatable bonds is 6. The van der Waals surface area contributed by atoms with Crippen LogP contribution in [0.5, 0.6) is 0 Å². The van der Waals surface area contributed by atoms with Crippen LogP contribution in [-0.4, -0.2) is 54.6 Å². The number of carbonyl (C=O) groups excluding carboxylic acids is 3. The minimum atomic E-state index is -0.671. The summed E-state index contributed by atoms with van der Waals surface area (Å²) in [6.45, 7) is 10.7. The predicted octanol–water partition coefficient (Wildman–Crippen LogP) is 0.660. The van der Waals surface area contributed by atoms with Crippen molar-refractivity contribution in [2.75, 3.05) is 20.1 Å². The molecule has 0 heterocycles. The highest BCUT2D eigenvalue weighted by Crippen LogP contribution is 2.10. The van der Waals surface area contributed by atoms with Crippen LogP contribution in [0.15, 0.2) is 12.7 Å². The number of likely N-dealkylation sites (N-methyl/N-ethyl adjacent to an activating group) is 1. The van der Waals surface area contributed by atoms with E-state index in [1.165, 1.54) is 11.9 Å². The Labute approximate surface area is 125 Å². The normalized spacial score (nSPS) is 12.0. The second kappa shape index (κ2) is 8.28. The number of ether oxygens (including phenoxy) is 1. The van der Waals surface area contributed by atoms with Crippen LogP contribution in [0.3, 0.4) is 0 Å². The Hall–Kier alpha value is -2.05. The lowest BCUT2D eigenvalue weighted by atomic mass is 10.2. The maximum absolute atomic E-state index is 11.9. The topological polar surface area (TPSA) is 87.7 Å². The number of carbonyl (C=O) groups is 3. The lowest BCUT2D eigenvalue weighted by Crippen LogP contribution is -2.48. The van der Waals surface area contributed by atoms with Crippen LogP contribution in [0, 0.1) is 0 Å². The van der Waals surface area contributed by atoms with Crippen molar-refractivity contribution >= 4 is 17.9 Å². The van der Waals surface area contributed by atoms with Crippen LogP contribution in [0.25, 0.3) is 0 Å². The van der Waals surface area contributed by atoms with Crippen LogP contribution < -0.4 is 10.6 Å². The average molecular weight is 299 g/mol. The Morgan fingerprint density at radius 3 is 2.24 bits per heavy atom.